The van der Waals surface area contributed by atoms with Gasteiger partial charge in [-0.2, -0.15) is 13.2 Å². The fourth-order valence-corrected chi connectivity index (χ4v) is 1.42. The predicted molar refractivity (Wildman–Crippen MR) is 52.1 cm³/mol. The van der Waals surface area contributed by atoms with E-state index in [0.717, 1.165) is 24.3 Å². The number of ether oxygens (including phenoxy) is 1. The molecule has 0 aromatic heterocycles. The fraction of sp³-hybridized carbons (Fsp3) is 0.300. The van der Waals surface area contributed by atoms with Gasteiger partial charge in [-0.15, -0.1) is 0 Å². The van der Waals surface area contributed by atoms with E-state index in [1.807, 2.05) is 0 Å². The Hall–Kier alpha value is -1.07. The van der Waals surface area contributed by atoms with Gasteiger partial charge < -0.3 is 4.74 Å². The molecule has 1 aromatic rings. The second kappa shape index (κ2) is 4.84. The van der Waals surface area contributed by atoms with Crippen molar-refractivity contribution in [3.05, 3.63) is 35.4 Å². The van der Waals surface area contributed by atoms with Crippen LogP contribution < -0.4 is 0 Å². The van der Waals surface area contributed by atoms with E-state index in [-0.39, 0.29) is 5.56 Å². The Morgan fingerprint density at radius 1 is 1.31 bits per heavy atom. The van der Waals surface area contributed by atoms with Gasteiger partial charge in [0.2, 0.25) is 0 Å². The van der Waals surface area contributed by atoms with E-state index in [1.54, 1.807) is 0 Å². The first kappa shape index (κ1) is 13.0. The van der Waals surface area contributed by atoms with Gasteiger partial charge in [0.1, 0.15) is 0 Å². The standard InChI is InChI=1S/C10H8ClF3O2/c1-16-8(9(11)15)6-2-4-7(5-3-6)10(12,13)14/h2-5,8H,1H3. The molecule has 0 aliphatic carbocycles. The van der Waals surface area contributed by atoms with E-state index in [9.17, 15) is 18.0 Å². The molecule has 1 atom stereocenters. The van der Waals surface area contributed by atoms with E-state index in [2.05, 4.69) is 0 Å². The minimum atomic E-state index is -4.40. The number of methoxy groups -OCH3 is 1. The summed E-state index contributed by atoms with van der Waals surface area (Å²) in [5.41, 5.74) is -0.497. The molecular formula is C10H8ClF3O2. The Bertz CT molecular complexity index is 373. The van der Waals surface area contributed by atoms with Crippen LogP contribution in [-0.4, -0.2) is 12.4 Å². The second-order valence-electron chi connectivity index (χ2n) is 3.04. The highest BCUT2D eigenvalue weighted by atomic mass is 35.5. The molecule has 1 rings (SSSR count). The average molecular weight is 253 g/mol. The van der Waals surface area contributed by atoms with Crippen molar-refractivity contribution in [2.75, 3.05) is 7.11 Å². The SMILES string of the molecule is COC(C(=O)Cl)c1ccc(C(F)(F)F)cc1. The summed E-state index contributed by atoms with van der Waals surface area (Å²) in [6.07, 6.45) is -5.43. The van der Waals surface area contributed by atoms with Gasteiger partial charge in [0, 0.05) is 7.11 Å². The number of halogens is 4. The molecule has 88 valence electrons. The van der Waals surface area contributed by atoms with Crippen LogP contribution in [-0.2, 0) is 15.7 Å². The smallest absolute Gasteiger partial charge is 0.368 e. The van der Waals surface area contributed by atoms with Gasteiger partial charge in [0.05, 0.1) is 5.56 Å². The van der Waals surface area contributed by atoms with E-state index in [0.29, 0.717) is 0 Å². The van der Waals surface area contributed by atoms with Crippen LogP contribution in [0.2, 0.25) is 0 Å². The lowest BCUT2D eigenvalue weighted by Gasteiger charge is -2.12. The van der Waals surface area contributed by atoms with Gasteiger partial charge in [-0.05, 0) is 29.3 Å². The quantitative estimate of drug-likeness (QED) is 0.773. The molecule has 0 aliphatic heterocycles. The zero-order valence-electron chi connectivity index (χ0n) is 8.22. The molecular weight excluding hydrogens is 245 g/mol. The Morgan fingerprint density at radius 2 is 1.81 bits per heavy atom. The number of hydrogen-bond acceptors (Lipinski definition) is 2. The summed E-state index contributed by atoms with van der Waals surface area (Å²) >= 11 is 5.22. The molecule has 0 bridgehead atoms. The molecule has 0 saturated heterocycles. The molecule has 0 aliphatic rings. The summed E-state index contributed by atoms with van der Waals surface area (Å²) in [5, 5.41) is -0.776. The van der Waals surface area contributed by atoms with Crippen molar-refractivity contribution < 1.29 is 22.7 Å². The van der Waals surface area contributed by atoms with Gasteiger partial charge >= 0.3 is 6.18 Å². The molecule has 0 amide bonds. The van der Waals surface area contributed by atoms with Crippen LogP contribution in [0.4, 0.5) is 13.2 Å². The molecule has 0 spiro atoms. The molecule has 1 aromatic carbocycles. The molecule has 16 heavy (non-hydrogen) atoms. The minimum Gasteiger partial charge on any atom is -0.368 e. The largest absolute Gasteiger partial charge is 0.416 e. The van der Waals surface area contributed by atoms with E-state index in [4.69, 9.17) is 16.3 Å². The molecule has 0 radical (unpaired) electrons. The second-order valence-corrected chi connectivity index (χ2v) is 3.41. The van der Waals surface area contributed by atoms with Crippen LogP contribution in [0.25, 0.3) is 0 Å². The van der Waals surface area contributed by atoms with Crippen molar-refractivity contribution in [1.82, 2.24) is 0 Å². The molecule has 6 heteroatoms. The van der Waals surface area contributed by atoms with Crippen molar-refractivity contribution in [2.24, 2.45) is 0 Å². The summed E-state index contributed by atoms with van der Waals surface area (Å²) in [4.78, 5) is 10.9. The van der Waals surface area contributed by atoms with Gasteiger partial charge in [-0.25, -0.2) is 0 Å². The first-order valence-electron chi connectivity index (χ1n) is 4.25. The monoisotopic (exact) mass is 252 g/mol. The van der Waals surface area contributed by atoms with Crippen molar-refractivity contribution in [3.63, 3.8) is 0 Å². The molecule has 2 nitrogen and oxygen atoms in total. The van der Waals surface area contributed by atoms with E-state index in [1.165, 1.54) is 7.11 Å². The first-order valence-corrected chi connectivity index (χ1v) is 4.63. The highest BCUT2D eigenvalue weighted by Crippen LogP contribution is 2.30. The Balaban J connectivity index is 2.98. The van der Waals surface area contributed by atoms with Crippen molar-refractivity contribution in [2.45, 2.75) is 12.3 Å². The van der Waals surface area contributed by atoms with Gasteiger partial charge in [0.15, 0.2) is 6.10 Å². The van der Waals surface area contributed by atoms with Crippen molar-refractivity contribution in [3.8, 4) is 0 Å². The van der Waals surface area contributed by atoms with Crippen LogP contribution >= 0.6 is 11.6 Å². The van der Waals surface area contributed by atoms with Crippen LogP contribution in [0.15, 0.2) is 24.3 Å². The van der Waals surface area contributed by atoms with Crippen LogP contribution in [0.5, 0.6) is 0 Å². The number of carbonyl (C=O) groups excluding carboxylic acids is 1. The molecule has 0 saturated carbocycles. The number of rotatable bonds is 3. The maximum Gasteiger partial charge on any atom is 0.416 e. The zero-order chi connectivity index (χ0) is 12.3. The number of benzene rings is 1. The minimum absolute atomic E-state index is 0.288. The third kappa shape index (κ3) is 2.96. The summed E-state index contributed by atoms with van der Waals surface area (Å²) < 4.78 is 41.5. The lowest BCUT2D eigenvalue weighted by atomic mass is 10.1. The summed E-state index contributed by atoms with van der Waals surface area (Å²) in [6.45, 7) is 0. The lowest BCUT2D eigenvalue weighted by Crippen LogP contribution is -2.10. The molecule has 0 fully saturated rings. The topological polar surface area (TPSA) is 26.3 Å². The first-order chi connectivity index (χ1) is 7.36. The lowest BCUT2D eigenvalue weighted by molar-refractivity contribution is -0.137. The normalized spacial score (nSPS) is 13.6. The van der Waals surface area contributed by atoms with Crippen LogP contribution in [0.3, 0.4) is 0 Å². The maximum atomic E-state index is 12.2. The molecule has 0 N–H and O–H groups in total. The summed E-state index contributed by atoms with van der Waals surface area (Å²) in [7, 11) is 1.25. The fourth-order valence-electron chi connectivity index (χ4n) is 1.21. The van der Waals surface area contributed by atoms with Crippen LogP contribution in [0, 0.1) is 0 Å². The molecule has 0 heterocycles. The predicted octanol–water partition coefficient (Wildman–Crippen LogP) is 3.16. The van der Waals surface area contributed by atoms with E-state index < -0.39 is 23.1 Å². The van der Waals surface area contributed by atoms with E-state index >= 15 is 0 Å². The molecule has 1 unspecified atom stereocenters. The average Bonchev–Trinajstić information content (AvgIpc) is 2.17. The number of carbonyl (C=O) groups is 1. The van der Waals surface area contributed by atoms with Gasteiger partial charge in [-0.1, -0.05) is 12.1 Å². The highest BCUT2D eigenvalue weighted by Gasteiger charge is 2.30. The third-order valence-electron chi connectivity index (χ3n) is 1.98. The third-order valence-corrected chi connectivity index (χ3v) is 2.18. The van der Waals surface area contributed by atoms with Gasteiger partial charge in [0.25, 0.3) is 5.24 Å². The summed E-state index contributed by atoms with van der Waals surface area (Å²) in [5.74, 6) is 0. The van der Waals surface area contributed by atoms with Gasteiger partial charge in [-0.3, -0.25) is 4.79 Å². The summed E-state index contributed by atoms with van der Waals surface area (Å²) in [6, 6.07) is 4.08. The Morgan fingerprint density at radius 3 is 2.12 bits per heavy atom. The highest BCUT2D eigenvalue weighted by molar-refractivity contribution is 6.64. The van der Waals surface area contributed by atoms with Crippen molar-refractivity contribution >= 4 is 16.8 Å². The Kier molecular flexibility index (Phi) is 3.93. The zero-order valence-corrected chi connectivity index (χ0v) is 8.97. The van der Waals surface area contributed by atoms with Crippen molar-refractivity contribution in [1.29, 1.82) is 0 Å². The maximum absolute atomic E-state index is 12.2. The van der Waals surface area contributed by atoms with Crippen LogP contribution in [0.1, 0.15) is 17.2 Å². The Labute approximate surface area is 95.0 Å². The number of alkyl halides is 3. The number of hydrogen-bond donors (Lipinski definition) is 0.